The van der Waals surface area contributed by atoms with Crippen LogP contribution >= 0.6 is 0 Å². The molecule has 0 bridgehead atoms. The maximum atomic E-state index is 12.5. The summed E-state index contributed by atoms with van der Waals surface area (Å²) in [4.78, 5) is 38.0. The monoisotopic (exact) mass is 346 g/mol. The van der Waals surface area contributed by atoms with E-state index in [0.717, 1.165) is 6.42 Å². The summed E-state index contributed by atoms with van der Waals surface area (Å²) in [5.41, 5.74) is 0.603. The first-order valence-electron chi connectivity index (χ1n) is 8.76. The Morgan fingerprint density at radius 3 is 2.52 bits per heavy atom. The van der Waals surface area contributed by atoms with E-state index in [1.165, 1.54) is 0 Å². The number of hydrogen-bond acceptors (Lipinski definition) is 3. The number of carbonyl (C=O) groups is 3. The summed E-state index contributed by atoms with van der Waals surface area (Å²) < 4.78 is 0. The highest BCUT2D eigenvalue weighted by Crippen LogP contribution is 2.19. The molecule has 1 saturated heterocycles. The van der Waals surface area contributed by atoms with Gasteiger partial charge in [0.15, 0.2) is 0 Å². The quantitative estimate of drug-likeness (QED) is 0.826. The van der Waals surface area contributed by atoms with Gasteiger partial charge in [0.2, 0.25) is 5.91 Å². The lowest BCUT2D eigenvalue weighted by molar-refractivity contribution is -0.143. The van der Waals surface area contributed by atoms with Crippen LogP contribution in [-0.4, -0.2) is 46.9 Å². The Hall–Kier alpha value is -2.37. The minimum atomic E-state index is -1.02. The summed E-state index contributed by atoms with van der Waals surface area (Å²) in [6.07, 6.45) is 1.79. The number of nitrogens with one attached hydrogen (secondary N) is 1. The second kappa shape index (κ2) is 8.65. The molecule has 0 saturated carbocycles. The summed E-state index contributed by atoms with van der Waals surface area (Å²) in [6, 6.07) is 8.11. The van der Waals surface area contributed by atoms with Crippen LogP contribution in [0.3, 0.4) is 0 Å². The molecule has 2 atom stereocenters. The average Bonchev–Trinajstić information content (AvgIpc) is 2.60. The second-order valence-electron chi connectivity index (χ2n) is 6.99. The fourth-order valence-electron chi connectivity index (χ4n) is 3.12. The van der Waals surface area contributed by atoms with Crippen LogP contribution in [0.1, 0.15) is 43.5 Å². The third-order valence-electron chi connectivity index (χ3n) is 4.42. The highest BCUT2D eigenvalue weighted by molar-refractivity contribution is 5.94. The van der Waals surface area contributed by atoms with Crippen molar-refractivity contribution in [1.82, 2.24) is 10.2 Å². The molecule has 1 unspecified atom stereocenters. The molecule has 1 fully saturated rings. The van der Waals surface area contributed by atoms with Gasteiger partial charge in [0, 0.05) is 18.7 Å². The number of likely N-dealkylation sites (tertiary alicyclic amines) is 1. The number of amides is 2. The molecule has 6 heteroatoms. The number of carbonyl (C=O) groups excluding carboxylic acids is 2. The molecule has 136 valence electrons. The number of hydrogen-bond donors (Lipinski definition) is 2. The van der Waals surface area contributed by atoms with Crippen LogP contribution in [-0.2, 0) is 9.59 Å². The van der Waals surface area contributed by atoms with Gasteiger partial charge in [-0.3, -0.25) is 9.59 Å². The highest BCUT2D eigenvalue weighted by atomic mass is 16.4. The number of carboxylic acid groups (broad SMARTS) is 1. The fraction of sp³-hybridized carbons (Fsp3) is 0.526. The van der Waals surface area contributed by atoms with Gasteiger partial charge in [-0.25, -0.2) is 4.79 Å². The average molecular weight is 346 g/mol. The van der Waals surface area contributed by atoms with E-state index in [2.05, 4.69) is 5.32 Å². The molecule has 0 aromatic heterocycles. The van der Waals surface area contributed by atoms with Gasteiger partial charge < -0.3 is 15.3 Å². The molecule has 6 nitrogen and oxygen atoms in total. The summed E-state index contributed by atoms with van der Waals surface area (Å²) >= 11 is 0. The van der Waals surface area contributed by atoms with E-state index >= 15 is 0 Å². The van der Waals surface area contributed by atoms with Crippen molar-refractivity contribution in [3.63, 3.8) is 0 Å². The zero-order valence-electron chi connectivity index (χ0n) is 14.8. The topological polar surface area (TPSA) is 86.7 Å². The Morgan fingerprint density at radius 1 is 1.24 bits per heavy atom. The zero-order valence-corrected chi connectivity index (χ0v) is 14.8. The Balaban J connectivity index is 1.99. The van der Waals surface area contributed by atoms with Crippen molar-refractivity contribution in [2.75, 3.05) is 13.1 Å². The Labute approximate surface area is 148 Å². The number of piperidine rings is 1. The predicted molar refractivity (Wildman–Crippen MR) is 94.1 cm³/mol. The molecule has 1 aliphatic heterocycles. The highest BCUT2D eigenvalue weighted by Gasteiger charge is 2.31. The minimum absolute atomic E-state index is 0.0879. The van der Waals surface area contributed by atoms with Gasteiger partial charge in [0.25, 0.3) is 5.91 Å². The first-order chi connectivity index (χ1) is 11.9. The molecule has 0 spiro atoms. The maximum absolute atomic E-state index is 12.5. The summed E-state index contributed by atoms with van der Waals surface area (Å²) in [5, 5.41) is 11.9. The number of aliphatic carboxylic acids is 1. The minimum Gasteiger partial charge on any atom is -0.480 e. The number of carboxylic acids is 1. The van der Waals surface area contributed by atoms with Gasteiger partial charge in [0.05, 0.1) is 5.92 Å². The molecular weight excluding hydrogens is 320 g/mol. The SMILES string of the molecule is CC(C)C[C@@H](NC(=O)C1CCCN(C(=O)c2ccccc2)C1)C(=O)O. The van der Waals surface area contributed by atoms with Crippen LogP contribution in [0.15, 0.2) is 30.3 Å². The van der Waals surface area contributed by atoms with Gasteiger partial charge in [-0.2, -0.15) is 0 Å². The Morgan fingerprint density at radius 2 is 1.92 bits per heavy atom. The maximum Gasteiger partial charge on any atom is 0.326 e. The molecule has 2 N–H and O–H groups in total. The lowest BCUT2D eigenvalue weighted by Gasteiger charge is -2.32. The van der Waals surface area contributed by atoms with Crippen molar-refractivity contribution in [2.24, 2.45) is 11.8 Å². The molecule has 1 aromatic carbocycles. The van der Waals surface area contributed by atoms with E-state index in [0.29, 0.717) is 31.5 Å². The molecule has 0 aliphatic carbocycles. The first-order valence-corrected chi connectivity index (χ1v) is 8.76. The Kier molecular flexibility index (Phi) is 6.56. The number of benzene rings is 1. The van der Waals surface area contributed by atoms with E-state index in [1.807, 2.05) is 32.0 Å². The number of nitrogens with zero attached hydrogens (tertiary/aromatic N) is 1. The van der Waals surface area contributed by atoms with E-state index in [9.17, 15) is 19.5 Å². The molecule has 25 heavy (non-hydrogen) atoms. The van der Waals surface area contributed by atoms with Crippen molar-refractivity contribution in [1.29, 1.82) is 0 Å². The van der Waals surface area contributed by atoms with E-state index in [4.69, 9.17) is 0 Å². The van der Waals surface area contributed by atoms with Crippen LogP contribution in [0.4, 0.5) is 0 Å². The molecule has 0 radical (unpaired) electrons. The zero-order chi connectivity index (χ0) is 18.4. The van der Waals surface area contributed by atoms with E-state index < -0.39 is 12.0 Å². The van der Waals surface area contributed by atoms with Crippen molar-refractivity contribution in [3.8, 4) is 0 Å². The van der Waals surface area contributed by atoms with Crippen molar-refractivity contribution < 1.29 is 19.5 Å². The van der Waals surface area contributed by atoms with Gasteiger partial charge >= 0.3 is 5.97 Å². The van der Waals surface area contributed by atoms with E-state index in [-0.39, 0.29) is 23.7 Å². The first kappa shape index (κ1) is 19.0. The normalized spacial score (nSPS) is 18.7. The van der Waals surface area contributed by atoms with Gasteiger partial charge in [-0.1, -0.05) is 32.0 Å². The van der Waals surface area contributed by atoms with E-state index in [1.54, 1.807) is 17.0 Å². The molecule has 2 amide bonds. The van der Waals surface area contributed by atoms with Crippen LogP contribution in [0, 0.1) is 11.8 Å². The smallest absolute Gasteiger partial charge is 0.326 e. The fourth-order valence-corrected chi connectivity index (χ4v) is 3.12. The molecule has 2 rings (SSSR count). The molecule has 1 aromatic rings. The van der Waals surface area contributed by atoms with Crippen LogP contribution in [0.5, 0.6) is 0 Å². The standard InChI is InChI=1S/C19H26N2O4/c1-13(2)11-16(19(24)25)20-17(22)15-9-6-10-21(12-15)18(23)14-7-4-3-5-8-14/h3-5,7-8,13,15-16H,6,9-12H2,1-2H3,(H,20,22)(H,24,25)/t15?,16-/m1/s1. The van der Waals surface area contributed by atoms with Crippen molar-refractivity contribution >= 4 is 17.8 Å². The van der Waals surface area contributed by atoms with Gasteiger partial charge in [0.1, 0.15) is 6.04 Å². The van der Waals surface area contributed by atoms with Gasteiger partial charge in [-0.15, -0.1) is 0 Å². The molecule has 1 heterocycles. The van der Waals surface area contributed by atoms with Gasteiger partial charge in [-0.05, 0) is 37.3 Å². The Bertz CT molecular complexity index is 615. The lowest BCUT2D eigenvalue weighted by atomic mass is 9.95. The second-order valence-corrected chi connectivity index (χ2v) is 6.99. The molecule has 1 aliphatic rings. The van der Waals surface area contributed by atoms with Crippen molar-refractivity contribution in [3.05, 3.63) is 35.9 Å². The molecular formula is C19H26N2O4. The summed E-state index contributed by atoms with van der Waals surface area (Å²) in [6.45, 7) is 4.78. The number of rotatable bonds is 6. The van der Waals surface area contributed by atoms with Crippen molar-refractivity contribution in [2.45, 2.75) is 39.2 Å². The van der Waals surface area contributed by atoms with Crippen LogP contribution < -0.4 is 5.32 Å². The van der Waals surface area contributed by atoms with Crippen LogP contribution in [0.2, 0.25) is 0 Å². The van der Waals surface area contributed by atoms with Crippen LogP contribution in [0.25, 0.3) is 0 Å². The third-order valence-corrected chi connectivity index (χ3v) is 4.42. The largest absolute Gasteiger partial charge is 0.480 e. The lowest BCUT2D eigenvalue weighted by Crippen LogP contribution is -2.49. The summed E-state index contributed by atoms with van der Waals surface area (Å²) in [5.74, 6) is -1.58. The predicted octanol–water partition coefficient (Wildman–Crippen LogP) is 2.15. The third kappa shape index (κ3) is 5.31. The summed E-state index contributed by atoms with van der Waals surface area (Å²) in [7, 11) is 0.